The van der Waals surface area contributed by atoms with Crippen LogP contribution in [0.25, 0.3) is 0 Å². The lowest BCUT2D eigenvalue weighted by Gasteiger charge is -2.64. The molecule has 0 aromatic heterocycles. The summed E-state index contributed by atoms with van der Waals surface area (Å²) in [6, 6.07) is 0. The fourth-order valence-corrected chi connectivity index (χ4v) is 9.00. The highest BCUT2D eigenvalue weighted by atomic mass is 16.6. The van der Waals surface area contributed by atoms with E-state index in [0.29, 0.717) is 36.2 Å². The second-order valence-electron chi connectivity index (χ2n) is 11.2. The molecule has 10 atom stereocenters. The number of hydrogen-bond donors (Lipinski definition) is 2. The summed E-state index contributed by atoms with van der Waals surface area (Å²) in [6.07, 6.45) is 7.39. The van der Waals surface area contributed by atoms with Gasteiger partial charge in [0.2, 0.25) is 0 Å². The first-order valence-electron chi connectivity index (χ1n) is 11.9. The zero-order valence-corrected chi connectivity index (χ0v) is 18.1. The van der Waals surface area contributed by atoms with Crippen molar-refractivity contribution in [2.75, 3.05) is 6.61 Å². The molecule has 2 N–H and O–H groups in total. The lowest BCUT2D eigenvalue weighted by Crippen LogP contribution is -2.62. The molecule has 4 unspecified atom stereocenters. The molecule has 4 saturated carbocycles. The van der Waals surface area contributed by atoms with E-state index in [1.807, 2.05) is 0 Å². The van der Waals surface area contributed by atoms with Crippen LogP contribution in [0.4, 0.5) is 4.79 Å². The van der Waals surface area contributed by atoms with Crippen LogP contribution in [0, 0.1) is 46.3 Å². The molecule has 29 heavy (non-hydrogen) atoms. The zero-order valence-electron chi connectivity index (χ0n) is 18.1. The maximum Gasteiger partial charge on any atom is 0.434 e. The molecule has 0 aromatic rings. The SMILES string of the molecule is CC[C@H]1C(O)C2C3CC[C@H](C4=NC(=O)OC4)[C@@]3(C)CCC2[C@@]2(C)CC[C@@H](O)C[C@@H]12. The molecule has 5 aliphatic rings. The molecule has 0 saturated heterocycles. The molecule has 4 aliphatic carbocycles. The average Bonchev–Trinajstić information content (AvgIpc) is 3.26. The predicted molar refractivity (Wildman–Crippen MR) is 111 cm³/mol. The summed E-state index contributed by atoms with van der Waals surface area (Å²) in [4.78, 5) is 15.8. The van der Waals surface area contributed by atoms with Gasteiger partial charge in [-0.2, -0.15) is 4.99 Å². The van der Waals surface area contributed by atoms with Gasteiger partial charge in [0, 0.05) is 5.92 Å². The number of nitrogens with zero attached hydrogens (tertiary/aromatic N) is 1. The van der Waals surface area contributed by atoms with Gasteiger partial charge in [-0.15, -0.1) is 0 Å². The van der Waals surface area contributed by atoms with E-state index in [1.54, 1.807) is 0 Å². The summed E-state index contributed by atoms with van der Waals surface area (Å²) < 4.78 is 5.15. The molecule has 5 heteroatoms. The Hall–Kier alpha value is -0.940. The van der Waals surface area contributed by atoms with Crippen LogP contribution in [0.1, 0.15) is 72.1 Å². The number of ether oxygens (including phenoxy) is 1. The van der Waals surface area contributed by atoms with Gasteiger partial charge in [-0.05, 0) is 85.4 Å². The molecule has 0 bridgehead atoms. The highest BCUT2D eigenvalue weighted by molar-refractivity contribution is 6.00. The van der Waals surface area contributed by atoms with Gasteiger partial charge in [0.1, 0.15) is 6.61 Å². The molecule has 0 aromatic carbocycles. The molecule has 162 valence electrons. The van der Waals surface area contributed by atoms with Crippen LogP contribution in [0.5, 0.6) is 0 Å². The number of amides is 1. The number of aliphatic hydroxyl groups excluding tert-OH is 2. The van der Waals surface area contributed by atoms with E-state index in [9.17, 15) is 15.0 Å². The first-order chi connectivity index (χ1) is 13.8. The molecular formula is C24H37NO4. The number of rotatable bonds is 2. The third-order valence-corrected chi connectivity index (χ3v) is 10.4. The fraction of sp³-hybridized carbons (Fsp3) is 0.917. The summed E-state index contributed by atoms with van der Waals surface area (Å²) in [6.45, 7) is 7.44. The van der Waals surface area contributed by atoms with Crippen molar-refractivity contribution in [1.82, 2.24) is 0 Å². The highest BCUT2D eigenvalue weighted by Crippen LogP contribution is 2.68. The Bertz CT molecular complexity index is 722. The average molecular weight is 404 g/mol. The zero-order chi connectivity index (χ0) is 20.6. The number of carbonyl (C=O) groups excluding carboxylic acids is 1. The number of fused-ring (bicyclic) bond motifs is 5. The Kier molecular flexibility index (Phi) is 4.67. The van der Waals surface area contributed by atoms with Crippen LogP contribution in [-0.4, -0.2) is 40.8 Å². The van der Waals surface area contributed by atoms with Gasteiger partial charge in [0.05, 0.1) is 17.9 Å². The summed E-state index contributed by atoms with van der Waals surface area (Å²) in [5.41, 5.74) is 1.28. The maximum absolute atomic E-state index is 11.7. The van der Waals surface area contributed by atoms with E-state index in [1.165, 1.54) is 0 Å². The van der Waals surface area contributed by atoms with Crippen molar-refractivity contribution in [3.63, 3.8) is 0 Å². The Morgan fingerprint density at radius 1 is 1.03 bits per heavy atom. The van der Waals surface area contributed by atoms with E-state index in [-0.39, 0.29) is 29.0 Å². The molecule has 1 aliphatic heterocycles. The lowest BCUT2D eigenvalue weighted by atomic mass is 9.41. The number of carbonyl (C=O) groups is 1. The molecule has 1 heterocycles. The molecule has 1 amide bonds. The van der Waals surface area contributed by atoms with Crippen LogP contribution in [0.3, 0.4) is 0 Å². The smallest absolute Gasteiger partial charge is 0.434 e. The third kappa shape index (κ3) is 2.72. The van der Waals surface area contributed by atoms with E-state index in [2.05, 4.69) is 25.8 Å². The molecular weight excluding hydrogens is 366 g/mol. The standard InChI is InChI=1S/C24H37NO4/c1-4-14-18-11-13(26)7-9-24(18,3)17-8-10-23(2)15(19-12-29-22(28)25-19)5-6-16(23)20(17)21(14)27/h13-18,20-21,26-27H,4-12H2,1-3H3/t13-,14-,15-,16?,17?,18+,20?,21?,23-,24-/m1/s1. The minimum Gasteiger partial charge on any atom is -0.442 e. The molecule has 4 fully saturated rings. The van der Waals surface area contributed by atoms with Crippen molar-refractivity contribution in [3.05, 3.63) is 0 Å². The third-order valence-electron chi connectivity index (χ3n) is 10.4. The van der Waals surface area contributed by atoms with Gasteiger partial charge >= 0.3 is 6.09 Å². The minimum atomic E-state index is -0.430. The number of aliphatic imine (C=N–C) groups is 1. The second kappa shape index (κ2) is 6.78. The largest absolute Gasteiger partial charge is 0.442 e. The van der Waals surface area contributed by atoms with Crippen LogP contribution in [0.2, 0.25) is 0 Å². The van der Waals surface area contributed by atoms with Gasteiger partial charge in [-0.1, -0.05) is 27.2 Å². The Labute approximate surface area is 174 Å². The Morgan fingerprint density at radius 2 is 1.76 bits per heavy atom. The first-order valence-corrected chi connectivity index (χ1v) is 11.9. The van der Waals surface area contributed by atoms with Crippen molar-refractivity contribution in [2.24, 2.45) is 51.3 Å². The predicted octanol–water partition coefficient (Wildman–Crippen LogP) is 4.20. The van der Waals surface area contributed by atoms with Gasteiger partial charge in [-0.25, -0.2) is 4.79 Å². The quantitative estimate of drug-likeness (QED) is 0.724. The molecule has 5 nitrogen and oxygen atoms in total. The highest BCUT2D eigenvalue weighted by Gasteiger charge is 2.65. The fourth-order valence-electron chi connectivity index (χ4n) is 9.00. The van der Waals surface area contributed by atoms with Crippen LogP contribution in [-0.2, 0) is 4.74 Å². The van der Waals surface area contributed by atoms with Crippen molar-refractivity contribution < 1.29 is 19.7 Å². The van der Waals surface area contributed by atoms with E-state index >= 15 is 0 Å². The lowest BCUT2D eigenvalue weighted by molar-refractivity contribution is -0.200. The van der Waals surface area contributed by atoms with Crippen molar-refractivity contribution in [3.8, 4) is 0 Å². The van der Waals surface area contributed by atoms with Crippen molar-refractivity contribution in [2.45, 2.75) is 84.3 Å². The summed E-state index contributed by atoms with van der Waals surface area (Å²) in [7, 11) is 0. The van der Waals surface area contributed by atoms with Gasteiger partial charge in [0.15, 0.2) is 0 Å². The summed E-state index contributed by atoms with van der Waals surface area (Å²) >= 11 is 0. The van der Waals surface area contributed by atoms with E-state index in [4.69, 9.17) is 4.74 Å². The summed E-state index contributed by atoms with van der Waals surface area (Å²) in [5, 5.41) is 22.1. The number of aliphatic hydroxyl groups is 2. The maximum atomic E-state index is 11.7. The van der Waals surface area contributed by atoms with Crippen molar-refractivity contribution in [1.29, 1.82) is 0 Å². The topological polar surface area (TPSA) is 79.1 Å². The monoisotopic (exact) mass is 403 g/mol. The normalized spacial score (nSPS) is 54.2. The van der Waals surface area contributed by atoms with E-state index in [0.717, 1.165) is 57.1 Å². The second-order valence-corrected chi connectivity index (χ2v) is 11.2. The van der Waals surface area contributed by atoms with Gasteiger partial charge < -0.3 is 14.9 Å². The molecule has 0 radical (unpaired) electrons. The van der Waals surface area contributed by atoms with Crippen LogP contribution < -0.4 is 0 Å². The van der Waals surface area contributed by atoms with Crippen molar-refractivity contribution >= 4 is 11.8 Å². The van der Waals surface area contributed by atoms with Crippen LogP contribution >= 0.6 is 0 Å². The van der Waals surface area contributed by atoms with Gasteiger partial charge in [-0.3, -0.25) is 0 Å². The minimum absolute atomic E-state index is 0.102. The van der Waals surface area contributed by atoms with E-state index < -0.39 is 6.09 Å². The van der Waals surface area contributed by atoms with Gasteiger partial charge in [0.25, 0.3) is 0 Å². The molecule has 0 spiro atoms. The first kappa shape index (κ1) is 20.0. The van der Waals surface area contributed by atoms with Crippen LogP contribution in [0.15, 0.2) is 4.99 Å². The number of cyclic esters (lactones) is 1. The Morgan fingerprint density at radius 3 is 2.45 bits per heavy atom. The summed E-state index contributed by atoms with van der Waals surface area (Å²) in [5.74, 6) is 2.38. The molecule has 5 rings (SSSR count). The number of hydrogen-bond acceptors (Lipinski definition) is 4. The Balaban J connectivity index is 1.50.